The van der Waals surface area contributed by atoms with Crippen LogP contribution in [0.1, 0.15) is 23.2 Å². The van der Waals surface area contributed by atoms with Gasteiger partial charge in [0, 0.05) is 11.4 Å². The van der Waals surface area contributed by atoms with E-state index in [1.165, 1.54) is 23.1 Å². The normalized spacial score (nSPS) is 19.0. The van der Waals surface area contributed by atoms with Crippen LogP contribution < -0.4 is 5.73 Å². The fourth-order valence-electron chi connectivity index (χ4n) is 2.14. The van der Waals surface area contributed by atoms with Crippen LogP contribution in [0.25, 0.3) is 0 Å². The molecular formula is C12H13FN2O2S. The van der Waals surface area contributed by atoms with Crippen LogP contribution in [0.5, 0.6) is 0 Å². The lowest BCUT2D eigenvalue weighted by Gasteiger charge is -2.22. The molecule has 2 rings (SSSR count). The molecule has 1 aromatic rings. The second-order valence-corrected chi connectivity index (χ2v) is 4.74. The second-order valence-electron chi connectivity index (χ2n) is 4.22. The van der Waals surface area contributed by atoms with Gasteiger partial charge in [0.2, 0.25) is 5.91 Å². The van der Waals surface area contributed by atoms with Crippen molar-refractivity contribution in [2.75, 3.05) is 6.54 Å². The van der Waals surface area contributed by atoms with E-state index in [2.05, 4.69) is 12.6 Å². The predicted molar refractivity (Wildman–Crippen MR) is 66.9 cm³/mol. The third-order valence-corrected chi connectivity index (χ3v) is 3.30. The SMILES string of the molecule is NC(=O)C1CCCN1C(=O)c1cc(S)ccc1F. The van der Waals surface area contributed by atoms with E-state index < -0.39 is 23.7 Å². The Morgan fingerprint density at radius 1 is 1.44 bits per heavy atom. The number of nitrogens with zero attached hydrogens (tertiary/aromatic N) is 1. The molecule has 0 bridgehead atoms. The van der Waals surface area contributed by atoms with E-state index in [0.717, 1.165) is 0 Å². The Hall–Kier alpha value is -1.56. The summed E-state index contributed by atoms with van der Waals surface area (Å²) in [6.07, 6.45) is 1.23. The number of benzene rings is 1. The Balaban J connectivity index is 2.31. The zero-order valence-electron chi connectivity index (χ0n) is 9.60. The number of thiol groups is 1. The molecule has 1 saturated heterocycles. The van der Waals surface area contributed by atoms with Gasteiger partial charge in [0.05, 0.1) is 5.56 Å². The third-order valence-electron chi connectivity index (χ3n) is 3.02. The van der Waals surface area contributed by atoms with Gasteiger partial charge in [-0.05, 0) is 31.0 Å². The minimum absolute atomic E-state index is 0.0735. The van der Waals surface area contributed by atoms with Crippen molar-refractivity contribution >= 4 is 24.4 Å². The summed E-state index contributed by atoms with van der Waals surface area (Å²) in [5.41, 5.74) is 5.16. The number of amides is 2. The van der Waals surface area contributed by atoms with Crippen LogP contribution in [0.15, 0.2) is 23.1 Å². The van der Waals surface area contributed by atoms with Crippen LogP contribution in [0.3, 0.4) is 0 Å². The fourth-order valence-corrected chi connectivity index (χ4v) is 2.34. The Morgan fingerprint density at radius 3 is 2.83 bits per heavy atom. The number of carbonyl (C=O) groups excluding carboxylic acids is 2. The minimum Gasteiger partial charge on any atom is -0.368 e. The standard InChI is InChI=1S/C12H13FN2O2S/c13-9-4-3-7(18)6-8(9)12(17)15-5-1-2-10(15)11(14)16/h3-4,6,10,18H,1-2,5H2,(H2,14,16). The highest BCUT2D eigenvalue weighted by Gasteiger charge is 2.34. The van der Waals surface area contributed by atoms with Crippen LogP contribution in [-0.2, 0) is 4.79 Å². The summed E-state index contributed by atoms with van der Waals surface area (Å²) >= 11 is 4.07. The first-order chi connectivity index (χ1) is 8.50. The highest BCUT2D eigenvalue weighted by Crippen LogP contribution is 2.22. The summed E-state index contributed by atoms with van der Waals surface area (Å²) in [7, 11) is 0. The molecule has 2 amide bonds. The quantitative estimate of drug-likeness (QED) is 0.792. The summed E-state index contributed by atoms with van der Waals surface area (Å²) < 4.78 is 13.6. The molecule has 1 aliphatic rings. The lowest BCUT2D eigenvalue weighted by molar-refractivity contribution is -0.121. The Labute approximate surface area is 109 Å². The van der Waals surface area contributed by atoms with Gasteiger partial charge in [-0.3, -0.25) is 9.59 Å². The lowest BCUT2D eigenvalue weighted by atomic mass is 10.1. The maximum Gasteiger partial charge on any atom is 0.257 e. The molecule has 1 fully saturated rings. The highest BCUT2D eigenvalue weighted by atomic mass is 32.1. The average molecular weight is 268 g/mol. The van der Waals surface area contributed by atoms with Crippen molar-refractivity contribution in [2.24, 2.45) is 5.73 Å². The van der Waals surface area contributed by atoms with E-state index in [9.17, 15) is 14.0 Å². The summed E-state index contributed by atoms with van der Waals surface area (Å²) in [5, 5.41) is 0. The van der Waals surface area contributed by atoms with Crippen LogP contribution in [-0.4, -0.2) is 29.3 Å². The molecule has 0 aromatic heterocycles. The first-order valence-electron chi connectivity index (χ1n) is 5.59. The topological polar surface area (TPSA) is 63.4 Å². The van der Waals surface area contributed by atoms with Gasteiger partial charge in [0.25, 0.3) is 5.91 Å². The molecule has 1 aromatic carbocycles. The molecule has 18 heavy (non-hydrogen) atoms. The largest absolute Gasteiger partial charge is 0.368 e. The summed E-state index contributed by atoms with van der Waals surface area (Å²) in [5.74, 6) is -1.68. The second kappa shape index (κ2) is 4.97. The van der Waals surface area contributed by atoms with Gasteiger partial charge in [0.15, 0.2) is 0 Å². The van der Waals surface area contributed by atoms with Crippen molar-refractivity contribution in [3.05, 3.63) is 29.6 Å². The molecule has 0 radical (unpaired) electrons. The Morgan fingerprint density at radius 2 is 2.17 bits per heavy atom. The van der Waals surface area contributed by atoms with Crippen LogP contribution >= 0.6 is 12.6 Å². The van der Waals surface area contributed by atoms with Crippen molar-refractivity contribution in [2.45, 2.75) is 23.8 Å². The molecule has 1 heterocycles. The molecule has 6 heteroatoms. The maximum absolute atomic E-state index is 13.6. The van der Waals surface area contributed by atoms with Gasteiger partial charge in [-0.1, -0.05) is 0 Å². The maximum atomic E-state index is 13.6. The van der Waals surface area contributed by atoms with Gasteiger partial charge in [-0.2, -0.15) is 0 Å². The number of nitrogens with two attached hydrogens (primary N) is 1. The summed E-state index contributed by atoms with van der Waals surface area (Å²) in [6, 6.07) is 3.37. The van der Waals surface area contributed by atoms with Gasteiger partial charge in [-0.25, -0.2) is 4.39 Å². The Bertz CT molecular complexity index is 507. The van der Waals surface area contributed by atoms with E-state index >= 15 is 0 Å². The molecule has 0 spiro atoms. The van der Waals surface area contributed by atoms with Crippen molar-refractivity contribution < 1.29 is 14.0 Å². The number of rotatable bonds is 2. The minimum atomic E-state index is -0.638. The van der Waals surface area contributed by atoms with Crippen molar-refractivity contribution in [1.29, 1.82) is 0 Å². The molecule has 96 valence electrons. The Kier molecular flexibility index (Phi) is 3.56. The summed E-state index contributed by atoms with van der Waals surface area (Å²) in [6.45, 7) is 0.419. The van der Waals surface area contributed by atoms with Gasteiger partial charge in [0.1, 0.15) is 11.9 Å². The predicted octanol–water partition coefficient (Wildman–Crippen LogP) is 1.20. The molecule has 0 saturated carbocycles. The zero-order chi connectivity index (χ0) is 13.3. The molecule has 4 nitrogen and oxygen atoms in total. The number of carbonyl (C=O) groups is 2. The first kappa shape index (κ1) is 12.9. The smallest absolute Gasteiger partial charge is 0.257 e. The zero-order valence-corrected chi connectivity index (χ0v) is 10.5. The number of primary amides is 1. The van der Waals surface area contributed by atoms with E-state index in [-0.39, 0.29) is 5.56 Å². The molecule has 1 aliphatic heterocycles. The number of hydrogen-bond donors (Lipinski definition) is 2. The van der Waals surface area contributed by atoms with Crippen LogP contribution in [0, 0.1) is 5.82 Å². The van der Waals surface area contributed by atoms with E-state index in [1.807, 2.05) is 0 Å². The molecular weight excluding hydrogens is 255 g/mol. The number of halogens is 1. The van der Waals surface area contributed by atoms with Gasteiger partial charge in [-0.15, -0.1) is 12.6 Å². The lowest BCUT2D eigenvalue weighted by Crippen LogP contribution is -2.43. The van der Waals surface area contributed by atoms with Crippen molar-refractivity contribution in [3.63, 3.8) is 0 Å². The molecule has 2 N–H and O–H groups in total. The molecule has 1 atom stereocenters. The number of likely N-dealkylation sites (tertiary alicyclic amines) is 1. The monoisotopic (exact) mass is 268 g/mol. The molecule has 1 unspecified atom stereocenters. The summed E-state index contributed by atoms with van der Waals surface area (Å²) in [4.78, 5) is 25.2. The van der Waals surface area contributed by atoms with Gasteiger partial charge >= 0.3 is 0 Å². The molecule has 0 aliphatic carbocycles. The van der Waals surface area contributed by atoms with E-state index in [4.69, 9.17) is 5.73 Å². The van der Waals surface area contributed by atoms with E-state index in [0.29, 0.717) is 24.3 Å². The van der Waals surface area contributed by atoms with Crippen molar-refractivity contribution in [3.8, 4) is 0 Å². The fraction of sp³-hybridized carbons (Fsp3) is 0.333. The number of hydrogen-bond acceptors (Lipinski definition) is 3. The highest BCUT2D eigenvalue weighted by molar-refractivity contribution is 7.80. The van der Waals surface area contributed by atoms with Gasteiger partial charge < -0.3 is 10.6 Å². The average Bonchev–Trinajstić information content (AvgIpc) is 2.80. The van der Waals surface area contributed by atoms with E-state index in [1.54, 1.807) is 0 Å². The van der Waals surface area contributed by atoms with Crippen LogP contribution in [0.2, 0.25) is 0 Å². The first-order valence-corrected chi connectivity index (χ1v) is 6.04. The van der Waals surface area contributed by atoms with Crippen molar-refractivity contribution in [1.82, 2.24) is 4.90 Å². The van der Waals surface area contributed by atoms with Crippen LogP contribution in [0.4, 0.5) is 4.39 Å². The third kappa shape index (κ3) is 2.33.